The summed E-state index contributed by atoms with van der Waals surface area (Å²) in [6.45, 7) is 0.335. The van der Waals surface area contributed by atoms with Crippen molar-refractivity contribution in [2.45, 2.75) is 49.5 Å². The fourth-order valence-electron chi connectivity index (χ4n) is 2.98. The van der Waals surface area contributed by atoms with Gasteiger partial charge in [-0.25, -0.2) is 13.6 Å². The molecule has 0 heterocycles. The Morgan fingerprint density at radius 3 is 2.26 bits per heavy atom. The van der Waals surface area contributed by atoms with Gasteiger partial charge < -0.3 is 5.32 Å². The highest BCUT2D eigenvalue weighted by molar-refractivity contribution is 7.89. The van der Waals surface area contributed by atoms with Crippen molar-refractivity contribution >= 4 is 21.6 Å². The molecule has 0 aromatic heterocycles. The van der Waals surface area contributed by atoms with Crippen LogP contribution >= 0.6 is 0 Å². The van der Waals surface area contributed by atoms with Gasteiger partial charge >= 0.3 is 0 Å². The third-order valence-electron chi connectivity index (χ3n) is 4.31. The zero-order valence-corrected chi connectivity index (χ0v) is 14.3. The van der Waals surface area contributed by atoms with Crippen LogP contribution in [0.4, 0.5) is 5.69 Å². The molecule has 0 saturated heterocycles. The number of hydrogen-bond acceptors (Lipinski definition) is 4. The van der Waals surface area contributed by atoms with Gasteiger partial charge in [0.05, 0.1) is 11.4 Å². The number of carbonyl (C=O) groups excluding carboxylic acids is 1. The molecule has 1 fully saturated rings. The average molecular weight is 339 g/mol. The number of anilines is 1. The molecular formula is C16H25N3O3S. The number of rotatable bonds is 5. The first kappa shape index (κ1) is 17.9. The van der Waals surface area contributed by atoms with Crippen LogP contribution in [0.3, 0.4) is 0 Å². The van der Waals surface area contributed by atoms with E-state index in [1.807, 2.05) is 7.05 Å². The third-order valence-corrected chi connectivity index (χ3v) is 5.24. The molecule has 1 aliphatic rings. The maximum Gasteiger partial charge on any atom is 0.238 e. The summed E-state index contributed by atoms with van der Waals surface area (Å²) in [5.41, 5.74) is 0.566. The molecule has 128 valence electrons. The van der Waals surface area contributed by atoms with E-state index in [-0.39, 0.29) is 10.8 Å². The summed E-state index contributed by atoms with van der Waals surface area (Å²) >= 11 is 0. The SMILES string of the molecule is CN(CC(=O)Nc1ccc(S(N)(=O)=O)cc1)C1CCCCCC1. The molecule has 23 heavy (non-hydrogen) atoms. The number of primary sulfonamides is 1. The predicted octanol–water partition coefficient (Wildman–Crippen LogP) is 1.93. The molecule has 0 aliphatic heterocycles. The Morgan fingerprint density at radius 1 is 1.17 bits per heavy atom. The number of amides is 1. The highest BCUT2D eigenvalue weighted by Gasteiger charge is 2.19. The van der Waals surface area contributed by atoms with Crippen LogP contribution in [0.2, 0.25) is 0 Å². The molecule has 0 unspecified atom stereocenters. The molecular weight excluding hydrogens is 314 g/mol. The molecule has 1 aromatic carbocycles. The summed E-state index contributed by atoms with van der Waals surface area (Å²) in [4.78, 5) is 14.3. The predicted molar refractivity (Wildman–Crippen MR) is 90.6 cm³/mol. The van der Waals surface area contributed by atoms with Crippen molar-refractivity contribution < 1.29 is 13.2 Å². The first-order valence-corrected chi connectivity index (χ1v) is 9.54. The number of sulfonamides is 1. The van der Waals surface area contributed by atoms with Gasteiger partial charge in [-0.2, -0.15) is 0 Å². The van der Waals surface area contributed by atoms with Crippen molar-refractivity contribution in [1.29, 1.82) is 0 Å². The first-order valence-electron chi connectivity index (χ1n) is 7.99. The Labute approximate surface area is 138 Å². The monoisotopic (exact) mass is 339 g/mol. The zero-order chi connectivity index (χ0) is 16.9. The number of likely N-dealkylation sites (N-methyl/N-ethyl adjacent to an activating group) is 1. The zero-order valence-electron chi connectivity index (χ0n) is 13.5. The lowest BCUT2D eigenvalue weighted by Crippen LogP contribution is -2.37. The molecule has 0 spiro atoms. The molecule has 0 atom stereocenters. The fourth-order valence-corrected chi connectivity index (χ4v) is 3.50. The largest absolute Gasteiger partial charge is 0.325 e. The highest BCUT2D eigenvalue weighted by Crippen LogP contribution is 2.21. The van der Waals surface area contributed by atoms with Gasteiger partial charge in [0, 0.05) is 11.7 Å². The van der Waals surface area contributed by atoms with Crippen LogP contribution in [0, 0.1) is 0 Å². The molecule has 7 heteroatoms. The maximum atomic E-state index is 12.1. The van der Waals surface area contributed by atoms with E-state index in [0.717, 1.165) is 12.8 Å². The molecule has 0 bridgehead atoms. The molecule has 0 radical (unpaired) electrons. The summed E-state index contributed by atoms with van der Waals surface area (Å²) in [5.74, 6) is -0.0971. The average Bonchev–Trinajstić information content (AvgIpc) is 2.75. The number of carbonyl (C=O) groups is 1. The van der Waals surface area contributed by atoms with Crippen molar-refractivity contribution in [1.82, 2.24) is 4.90 Å². The lowest BCUT2D eigenvalue weighted by Gasteiger charge is -2.26. The van der Waals surface area contributed by atoms with Crippen molar-refractivity contribution in [3.8, 4) is 0 Å². The van der Waals surface area contributed by atoms with E-state index in [1.165, 1.54) is 37.8 Å². The minimum Gasteiger partial charge on any atom is -0.325 e. The van der Waals surface area contributed by atoms with Crippen LogP contribution < -0.4 is 10.5 Å². The van der Waals surface area contributed by atoms with Gasteiger partial charge in [-0.3, -0.25) is 9.69 Å². The summed E-state index contributed by atoms with van der Waals surface area (Å²) in [6.07, 6.45) is 7.32. The second-order valence-electron chi connectivity index (χ2n) is 6.18. The van der Waals surface area contributed by atoms with E-state index in [1.54, 1.807) is 12.1 Å². The molecule has 2 rings (SSSR count). The lowest BCUT2D eigenvalue weighted by molar-refractivity contribution is -0.117. The minimum atomic E-state index is -3.71. The van der Waals surface area contributed by atoms with E-state index < -0.39 is 10.0 Å². The number of nitrogens with one attached hydrogen (secondary N) is 1. The van der Waals surface area contributed by atoms with Crippen molar-refractivity contribution in [3.05, 3.63) is 24.3 Å². The Hall–Kier alpha value is -1.44. The number of nitrogens with zero attached hydrogens (tertiary/aromatic N) is 1. The van der Waals surface area contributed by atoms with E-state index in [9.17, 15) is 13.2 Å². The maximum absolute atomic E-state index is 12.1. The summed E-state index contributed by atoms with van der Waals surface area (Å²) in [5, 5.41) is 7.84. The molecule has 1 aromatic rings. The van der Waals surface area contributed by atoms with E-state index in [0.29, 0.717) is 18.3 Å². The van der Waals surface area contributed by atoms with Gasteiger partial charge in [-0.15, -0.1) is 0 Å². The smallest absolute Gasteiger partial charge is 0.238 e. The molecule has 3 N–H and O–H groups in total. The van der Waals surface area contributed by atoms with E-state index in [2.05, 4.69) is 10.2 Å². The summed E-state index contributed by atoms with van der Waals surface area (Å²) in [7, 11) is -1.72. The van der Waals surface area contributed by atoms with Crippen LogP contribution in [0.25, 0.3) is 0 Å². The molecule has 1 saturated carbocycles. The second-order valence-corrected chi connectivity index (χ2v) is 7.74. The highest BCUT2D eigenvalue weighted by atomic mass is 32.2. The van der Waals surface area contributed by atoms with Gasteiger partial charge in [0.2, 0.25) is 15.9 Å². The lowest BCUT2D eigenvalue weighted by atomic mass is 10.1. The van der Waals surface area contributed by atoms with Crippen LogP contribution in [0.5, 0.6) is 0 Å². The number of nitrogens with two attached hydrogens (primary N) is 1. The van der Waals surface area contributed by atoms with Crippen LogP contribution in [0.1, 0.15) is 38.5 Å². The fraction of sp³-hybridized carbons (Fsp3) is 0.562. The van der Waals surface area contributed by atoms with Crippen LogP contribution in [-0.4, -0.2) is 38.9 Å². The van der Waals surface area contributed by atoms with Crippen molar-refractivity contribution in [2.75, 3.05) is 18.9 Å². The van der Waals surface area contributed by atoms with E-state index >= 15 is 0 Å². The Bertz CT molecular complexity index is 620. The minimum absolute atomic E-state index is 0.0334. The van der Waals surface area contributed by atoms with Crippen LogP contribution in [0.15, 0.2) is 29.2 Å². The van der Waals surface area contributed by atoms with Gasteiger partial charge in [0.1, 0.15) is 0 Å². The van der Waals surface area contributed by atoms with Crippen LogP contribution in [-0.2, 0) is 14.8 Å². The first-order chi connectivity index (χ1) is 10.9. The molecule has 6 nitrogen and oxygen atoms in total. The van der Waals surface area contributed by atoms with Gasteiger partial charge in [-0.05, 0) is 44.2 Å². The van der Waals surface area contributed by atoms with Crippen molar-refractivity contribution in [2.24, 2.45) is 5.14 Å². The molecule has 1 amide bonds. The Kier molecular flexibility index (Phi) is 6.15. The quantitative estimate of drug-likeness (QED) is 0.802. The standard InChI is InChI=1S/C16H25N3O3S/c1-19(14-6-4-2-3-5-7-14)12-16(20)18-13-8-10-15(11-9-13)23(17,21)22/h8-11,14H,2-7,12H2,1H3,(H,18,20)(H2,17,21,22). The molecule has 1 aliphatic carbocycles. The van der Waals surface area contributed by atoms with E-state index in [4.69, 9.17) is 5.14 Å². The van der Waals surface area contributed by atoms with Gasteiger partial charge in [-0.1, -0.05) is 25.7 Å². The summed E-state index contributed by atoms with van der Waals surface area (Å²) in [6, 6.07) is 6.33. The Morgan fingerprint density at radius 2 is 1.74 bits per heavy atom. The second kappa shape index (κ2) is 7.90. The van der Waals surface area contributed by atoms with Crippen molar-refractivity contribution in [3.63, 3.8) is 0 Å². The van der Waals surface area contributed by atoms with Gasteiger partial charge in [0.25, 0.3) is 0 Å². The normalized spacial score (nSPS) is 17.0. The number of benzene rings is 1. The van der Waals surface area contributed by atoms with Gasteiger partial charge in [0.15, 0.2) is 0 Å². The Balaban J connectivity index is 1.88. The topological polar surface area (TPSA) is 92.5 Å². The third kappa shape index (κ3) is 5.60. The number of hydrogen-bond donors (Lipinski definition) is 2. The summed E-state index contributed by atoms with van der Waals surface area (Å²) < 4.78 is 22.4.